The molecule has 2 rings (SSSR count). The summed E-state index contributed by atoms with van der Waals surface area (Å²) in [5, 5.41) is 6.49. The molecule has 0 aliphatic rings. The van der Waals surface area contributed by atoms with Crippen LogP contribution in [0.2, 0.25) is 0 Å². The molecule has 0 spiro atoms. The number of thiophene rings is 1. The third-order valence-electron chi connectivity index (χ3n) is 2.70. The van der Waals surface area contributed by atoms with Crippen molar-refractivity contribution in [2.24, 2.45) is 12.8 Å². The Bertz CT molecular complexity index is 447. The maximum atomic E-state index is 5.47. The lowest BCUT2D eigenvalue weighted by Crippen LogP contribution is -2.01. The lowest BCUT2D eigenvalue weighted by atomic mass is 10.2. The summed E-state index contributed by atoms with van der Waals surface area (Å²) in [5.41, 5.74) is 5.47. The maximum Gasteiger partial charge on any atom is 0.191 e. The fourth-order valence-electron chi connectivity index (χ4n) is 1.75. The van der Waals surface area contributed by atoms with E-state index in [-0.39, 0.29) is 0 Å². The average molecular weight is 250 g/mol. The number of rotatable bonds is 6. The van der Waals surface area contributed by atoms with Gasteiger partial charge >= 0.3 is 0 Å². The minimum absolute atomic E-state index is 0.777. The van der Waals surface area contributed by atoms with E-state index < -0.39 is 0 Å². The predicted octanol–water partition coefficient (Wildman–Crippen LogP) is 2.22. The summed E-state index contributed by atoms with van der Waals surface area (Å²) in [6.07, 6.45) is 4.37. The second-order valence-corrected chi connectivity index (χ2v) is 5.00. The van der Waals surface area contributed by atoms with E-state index in [0.29, 0.717) is 0 Å². The summed E-state index contributed by atoms with van der Waals surface area (Å²) >= 11 is 1.68. The largest absolute Gasteiger partial charge is 0.330 e. The van der Waals surface area contributed by atoms with E-state index in [1.165, 1.54) is 0 Å². The molecule has 0 aromatic carbocycles. The van der Waals surface area contributed by atoms with Gasteiger partial charge in [0.1, 0.15) is 5.82 Å². The highest BCUT2D eigenvalue weighted by molar-refractivity contribution is 7.13. The molecule has 0 amide bonds. The van der Waals surface area contributed by atoms with E-state index in [0.717, 1.165) is 48.8 Å². The second kappa shape index (κ2) is 5.93. The number of unbranched alkanes of at least 4 members (excludes halogenated alkanes) is 2. The minimum Gasteiger partial charge on any atom is -0.330 e. The fraction of sp³-hybridized carbons (Fsp3) is 0.500. The van der Waals surface area contributed by atoms with Crippen molar-refractivity contribution in [2.75, 3.05) is 6.54 Å². The summed E-state index contributed by atoms with van der Waals surface area (Å²) in [5.74, 6) is 1.90. The van der Waals surface area contributed by atoms with Gasteiger partial charge in [-0.3, -0.25) is 4.68 Å². The quantitative estimate of drug-likeness (QED) is 0.800. The summed E-state index contributed by atoms with van der Waals surface area (Å²) in [4.78, 5) is 5.71. The fourth-order valence-corrected chi connectivity index (χ4v) is 2.40. The van der Waals surface area contributed by atoms with E-state index in [2.05, 4.69) is 16.1 Å². The van der Waals surface area contributed by atoms with Crippen molar-refractivity contribution in [1.29, 1.82) is 0 Å². The number of aromatic nitrogens is 3. The van der Waals surface area contributed by atoms with Crippen molar-refractivity contribution in [2.45, 2.75) is 25.7 Å². The molecule has 17 heavy (non-hydrogen) atoms. The van der Waals surface area contributed by atoms with Crippen molar-refractivity contribution in [3.05, 3.63) is 23.3 Å². The third-order valence-corrected chi connectivity index (χ3v) is 3.57. The van der Waals surface area contributed by atoms with Gasteiger partial charge in [-0.25, -0.2) is 4.98 Å². The summed E-state index contributed by atoms with van der Waals surface area (Å²) < 4.78 is 1.89. The van der Waals surface area contributed by atoms with Crippen molar-refractivity contribution in [3.63, 3.8) is 0 Å². The number of nitrogens with zero attached hydrogens (tertiary/aromatic N) is 3. The number of hydrogen-bond acceptors (Lipinski definition) is 4. The number of hydrogen-bond donors (Lipinski definition) is 1. The topological polar surface area (TPSA) is 56.7 Å². The molecule has 4 nitrogen and oxygen atoms in total. The Kier molecular flexibility index (Phi) is 4.28. The molecule has 2 aromatic rings. The van der Waals surface area contributed by atoms with E-state index in [1.807, 2.05) is 23.2 Å². The van der Waals surface area contributed by atoms with E-state index >= 15 is 0 Å². The van der Waals surface area contributed by atoms with Crippen LogP contribution in [-0.4, -0.2) is 21.3 Å². The molecule has 0 saturated carbocycles. The Hall–Kier alpha value is -1.20. The molecule has 0 radical (unpaired) electrons. The van der Waals surface area contributed by atoms with E-state index in [4.69, 9.17) is 5.73 Å². The van der Waals surface area contributed by atoms with Gasteiger partial charge in [0.15, 0.2) is 5.82 Å². The zero-order valence-corrected chi connectivity index (χ0v) is 10.9. The first kappa shape index (κ1) is 12.3. The van der Waals surface area contributed by atoms with Gasteiger partial charge in [0.05, 0.1) is 4.88 Å². The highest BCUT2D eigenvalue weighted by Gasteiger charge is 2.09. The first-order valence-corrected chi connectivity index (χ1v) is 6.83. The number of aryl methyl sites for hydroxylation is 2. The first-order valence-electron chi connectivity index (χ1n) is 5.95. The van der Waals surface area contributed by atoms with Gasteiger partial charge in [0, 0.05) is 13.5 Å². The molecule has 92 valence electrons. The van der Waals surface area contributed by atoms with Gasteiger partial charge in [0.2, 0.25) is 0 Å². The van der Waals surface area contributed by atoms with Gasteiger partial charge in [-0.1, -0.05) is 12.5 Å². The Balaban J connectivity index is 1.99. The highest BCUT2D eigenvalue weighted by Crippen LogP contribution is 2.21. The molecular weight excluding hydrogens is 232 g/mol. The second-order valence-electron chi connectivity index (χ2n) is 4.05. The summed E-state index contributed by atoms with van der Waals surface area (Å²) in [6, 6.07) is 4.08. The van der Waals surface area contributed by atoms with Crippen LogP contribution in [0.4, 0.5) is 0 Å². The zero-order chi connectivity index (χ0) is 12.1. The summed E-state index contributed by atoms with van der Waals surface area (Å²) in [6.45, 7) is 0.777. The normalized spacial score (nSPS) is 10.9. The smallest absolute Gasteiger partial charge is 0.191 e. The lowest BCUT2D eigenvalue weighted by Gasteiger charge is -1.98. The molecule has 0 aliphatic heterocycles. The van der Waals surface area contributed by atoms with Gasteiger partial charge < -0.3 is 5.73 Å². The van der Waals surface area contributed by atoms with Gasteiger partial charge in [0.25, 0.3) is 0 Å². The van der Waals surface area contributed by atoms with Crippen LogP contribution in [0, 0.1) is 0 Å². The Morgan fingerprint density at radius 2 is 2.24 bits per heavy atom. The van der Waals surface area contributed by atoms with Crippen LogP contribution in [0.15, 0.2) is 17.5 Å². The Morgan fingerprint density at radius 3 is 2.94 bits per heavy atom. The molecule has 0 fully saturated rings. The maximum absolute atomic E-state index is 5.47. The standard InChI is InChI=1S/C12H18N4S/c1-16-11(7-3-2-4-8-13)14-12(15-16)10-6-5-9-17-10/h5-6,9H,2-4,7-8,13H2,1H3. The molecule has 2 aromatic heterocycles. The van der Waals surface area contributed by atoms with Gasteiger partial charge in [-0.05, 0) is 30.8 Å². The van der Waals surface area contributed by atoms with Crippen molar-refractivity contribution < 1.29 is 0 Å². The van der Waals surface area contributed by atoms with Crippen molar-refractivity contribution in [1.82, 2.24) is 14.8 Å². The van der Waals surface area contributed by atoms with Crippen LogP contribution in [0.1, 0.15) is 25.1 Å². The highest BCUT2D eigenvalue weighted by atomic mass is 32.1. The predicted molar refractivity (Wildman–Crippen MR) is 70.9 cm³/mol. The molecule has 5 heteroatoms. The van der Waals surface area contributed by atoms with Gasteiger partial charge in [-0.15, -0.1) is 11.3 Å². The summed E-state index contributed by atoms with van der Waals surface area (Å²) in [7, 11) is 1.96. The van der Waals surface area contributed by atoms with E-state index in [1.54, 1.807) is 11.3 Å². The molecule has 0 saturated heterocycles. The Morgan fingerprint density at radius 1 is 1.35 bits per heavy atom. The number of nitrogens with two attached hydrogens (primary N) is 1. The van der Waals surface area contributed by atoms with Crippen molar-refractivity contribution >= 4 is 11.3 Å². The molecule has 2 heterocycles. The first-order chi connectivity index (χ1) is 8.31. The third kappa shape index (κ3) is 3.14. The minimum atomic E-state index is 0.777. The monoisotopic (exact) mass is 250 g/mol. The zero-order valence-electron chi connectivity index (χ0n) is 10.1. The van der Waals surface area contributed by atoms with E-state index in [9.17, 15) is 0 Å². The van der Waals surface area contributed by atoms with Crippen LogP contribution in [0.25, 0.3) is 10.7 Å². The van der Waals surface area contributed by atoms with Crippen LogP contribution < -0.4 is 5.73 Å². The Labute approximate surface area is 105 Å². The van der Waals surface area contributed by atoms with Gasteiger partial charge in [-0.2, -0.15) is 5.10 Å². The molecule has 0 bridgehead atoms. The van der Waals surface area contributed by atoms with Crippen LogP contribution in [0.5, 0.6) is 0 Å². The lowest BCUT2D eigenvalue weighted by molar-refractivity contribution is 0.631. The van der Waals surface area contributed by atoms with Crippen LogP contribution >= 0.6 is 11.3 Å². The molecule has 0 unspecified atom stereocenters. The van der Waals surface area contributed by atoms with Crippen LogP contribution in [0.3, 0.4) is 0 Å². The average Bonchev–Trinajstić information content (AvgIpc) is 2.94. The van der Waals surface area contributed by atoms with Crippen molar-refractivity contribution in [3.8, 4) is 10.7 Å². The molecule has 0 aliphatic carbocycles. The molecule has 0 atom stereocenters. The molecule has 2 N–H and O–H groups in total. The SMILES string of the molecule is Cn1nc(-c2cccs2)nc1CCCCCN. The molecular formula is C12H18N4S. The van der Waals surface area contributed by atoms with Crippen LogP contribution in [-0.2, 0) is 13.5 Å².